The molecule has 0 unspecified atom stereocenters. The number of sulfonamides is 1. The normalized spacial score (nSPS) is 11.7. The Bertz CT molecular complexity index is 1040. The number of phenols is 1. The first-order chi connectivity index (χ1) is 13.1. The zero-order chi connectivity index (χ0) is 21.1. The van der Waals surface area contributed by atoms with E-state index in [4.69, 9.17) is 4.74 Å². The third-order valence-electron chi connectivity index (χ3n) is 3.84. The van der Waals surface area contributed by atoms with E-state index in [1.807, 2.05) is 0 Å². The first-order valence-electron chi connectivity index (χ1n) is 7.88. The Labute approximate surface area is 161 Å². The van der Waals surface area contributed by atoms with Gasteiger partial charge in [-0.2, -0.15) is 0 Å². The Hall–Kier alpha value is -3.24. The molecule has 0 saturated carbocycles. The first-order valence-corrected chi connectivity index (χ1v) is 9.32. The summed E-state index contributed by atoms with van der Waals surface area (Å²) in [6.45, 7) is 0. The number of phenolic OH excluding ortho intramolecular Hbond substituents is 1. The van der Waals surface area contributed by atoms with E-state index >= 15 is 0 Å². The molecule has 2 aromatic rings. The molecule has 0 bridgehead atoms. The van der Waals surface area contributed by atoms with E-state index in [0.717, 1.165) is 10.4 Å². The average Bonchev–Trinajstić information content (AvgIpc) is 2.66. The van der Waals surface area contributed by atoms with Crippen LogP contribution in [0.2, 0.25) is 0 Å². The Morgan fingerprint density at radius 3 is 2.32 bits per heavy atom. The number of nitro groups is 1. The standard InChI is InChI=1S/C18H18N2O7S/c1-19(2)28(25,26)14-7-5-13(6-8-14)16(21)9-4-12-10-15(20(23)24)18(22)17(11-12)27-3/h4-11,22H,1-3H3. The monoisotopic (exact) mass is 406 g/mol. The van der Waals surface area contributed by atoms with Gasteiger partial charge in [-0.05, 0) is 42.0 Å². The summed E-state index contributed by atoms with van der Waals surface area (Å²) >= 11 is 0. The van der Waals surface area contributed by atoms with Crippen LogP contribution in [0, 0.1) is 10.1 Å². The summed E-state index contributed by atoms with van der Waals surface area (Å²) in [5, 5.41) is 20.8. The Balaban J connectivity index is 2.29. The highest BCUT2D eigenvalue weighted by atomic mass is 32.2. The SMILES string of the molecule is COc1cc(C=CC(=O)c2ccc(S(=O)(=O)N(C)C)cc2)cc([N+](=O)[O-])c1O. The van der Waals surface area contributed by atoms with E-state index in [1.165, 1.54) is 63.7 Å². The van der Waals surface area contributed by atoms with Crippen LogP contribution in [0.25, 0.3) is 6.08 Å². The van der Waals surface area contributed by atoms with E-state index in [9.17, 15) is 28.4 Å². The van der Waals surface area contributed by atoms with Crippen LogP contribution in [-0.4, -0.2) is 49.7 Å². The topological polar surface area (TPSA) is 127 Å². The molecule has 0 fully saturated rings. The second-order valence-electron chi connectivity index (χ2n) is 5.86. The largest absolute Gasteiger partial charge is 0.500 e. The zero-order valence-corrected chi connectivity index (χ0v) is 16.1. The number of benzene rings is 2. The number of carbonyl (C=O) groups excluding carboxylic acids is 1. The smallest absolute Gasteiger partial charge is 0.315 e. The molecule has 0 heterocycles. The number of ether oxygens (including phenoxy) is 1. The number of ketones is 1. The minimum Gasteiger partial charge on any atom is -0.500 e. The predicted octanol–water partition coefficient (Wildman–Crippen LogP) is 2.46. The molecule has 2 rings (SSSR count). The lowest BCUT2D eigenvalue weighted by Gasteiger charge is -2.11. The van der Waals surface area contributed by atoms with Crippen molar-refractivity contribution in [2.24, 2.45) is 0 Å². The third kappa shape index (κ3) is 4.35. The van der Waals surface area contributed by atoms with Crippen molar-refractivity contribution < 1.29 is 28.0 Å². The van der Waals surface area contributed by atoms with Crippen LogP contribution >= 0.6 is 0 Å². The number of carbonyl (C=O) groups is 1. The molecule has 148 valence electrons. The number of nitrogens with zero attached hydrogens (tertiary/aromatic N) is 2. The summed E-state index contributed by atoms with van der Waals surface area (Å²) in [6.07, 6.45) is 2.52. The number of rotatable bonds is 7. The molecule has 0 aliphatic carbocycles. The van der Waals surface area contributed by atoms with Crippen molar-refractivity contribution in [3.05, 3.63) is 63.7 Å². The molecule has 0 aliphatic rings. The van der Waals surface area contributed by atoms with E-state index < -0.39 is 32.2 Å². The molecule has 0 radical (unpaired) electrons. The molecule has 28 heavy (non-hydrogen) atoms. The van der Waals surface area contributed by atoms with Gasteiger partial charge in [0.25, 0.3) is 0 Å². The zero-order valence-electron chi connectivity index (χ0n) is 15.3. The van der Waals surface area contributed by atoms with Crippen molar-refractivity contribution >= 4 is 27.6 Å². The van der Waals surface area contributed by atoms with Gasteiger partial charge in [0.15, 0.2) is 11.5 Å². The van der Waals surface area contributed by atoms with Gasteiger partial charge in [-0.25, -0.2) is 12.7 Å². The first kappa shape index (κ1) is 21.1. The second-order valence-corrected chi connectivity index (χ2v) is 8.01. The molecule has 0 aromatic heterocycles. The van der Waals surface area contributed by atoms with Crippen molar-refractivity contribution in [1.29, 1.82) is 0 Å². The van der Waals surface area contributed by atoms with Gasteiger partial charge >= 0.3 is 5.69 Å². The average molecular weight is 406 g/mol. The quantitative estimate of drug-likeness (QED) is 0.324. The van der Waals surface area contributed by atoms with Crippen LogP contribution in [0.5, 0.6) is 11.5 Å². The lowest BCUT2D eigenvalue weighted by atomic mass is 10.1. The summed E-state index contributed by atoms with van der Waals surface area (Å²) in [7, 11) is 0.464. The molecule has 2 aromatic carbocycles. The fraction of sp³-hybridized carbons (Fsp3) is 0.167. The Morgan fingerprint density at radius 1 is 1.21 bits per heavy atom. The van der Waals surface area contributed by atoms with E-state index in [0.29, 0.717) is 0 Å². The number of allylic oxidation sites excluding steroid dienone is 1. The molecule has 0 amide bonds. The van der Waals surface area contributed by atoms with E-state index in [-0.39, 0.29) is 21.8 Å². The minimum atomic E-state index is -3.60. The molecule has 9 nitrogen and oxygen atoms in total. The van der Waals surface area contributed by atoms with E-state index in [2.05, 4.69) is 0 Å². The molecular weight excluding hydrogens is 388 g/mol. The van der Waals surface area contributed by atoms with Crippen LogP contribution < -0.4 is 4.74 Å². The lowest BCUT2D eigenvalue weighted by molar-refractivity contribution is -0.386. The molecule has 0 aliphatic heterocycles. The molecule has 1 N–H and O–H groups in total. The number of hydrogen-bond acceptors (Lipinski definition) is 7. The summed E-state index contributed by atoms with van der Waals surface area (Å²) in [5.74, 6) is -1.13. The number of methoxy groups -OCH3 is 1. The summed E-state index contributed by atoms with van der Waals surface area (Å²) < 4.78 is 30.0. The fourth-order valence-electron chi connectivity index (χ4n) is 2.27. The predicted molar refractivity (Wildman–Crippen MR) is 102 cm³/mol. The molecule has 10 heteroatoms. The Kier molecular flexibility index (Phi) is 6.16. The number of nitro benzene ring substituents is 1. The van der Waals surface area contributed by atoms with Gasteiger partial charge in [0.2, 0.25) is 15.8 Å². The van der Waals surface area contributed by atoms with Crippen LogP contribution in [-0.2, 0) is 10.0 Å². The van der Waals surface area contributed by atoms with Crippen molar-refractivity contribution in [2.75, 3.05) is 21.2 Å². The highest BCUT2D eigenvalue weighted by Gasteiger charge is 2.19. The van der Waals surface area contributed by atoms with Crippen LogP contribution in [0.3, 0.4) is 0 Å². The Morgan fingerprint density at radius 2 is 1.82 bits per heavy atom. The third-order valence-corrected chi connectivity index (χ3v) is 5.67. The van der Waals surface area contributed by atoms with Gasteiger partial charge in [0, 0.05) is 25.7 Å². The number of aromatic hydroxyl groups is 1. The summed E-state index contributed by atoms with van der Waals surface area (Å²) in [4.78, 5) is 22.6. The van der Waals surface area contributed by atoms with Gasteiger partial charge in [0.05, 0.1) is 16.9 Å². The van der Waals surface area contributed by atoms with Gasteiger partial charge in [0.1, 0.15) is 0 Å². The molecular formula is C18H18N2O7S. The van der Waals surface area contributed by atoms with Gasteiger partial charge in [-0.3, -0.25) is 14.9 Å². The maximum Gasteiger partial charge on any atom is 0.315 e. The van der Waals surface area contributed by atoms with Crippen molar-refractivity contribution in [2.45, 2.75) is 4.90 Å². The minimum absolute atomic E-state index is 0.0527. The summed E-state index contributed by atoms with van der Waals surface area (Å²) in [5.41, 5.74) is -0.0274. The maximum atomic E-state index is 12.3. The highest BCUT2D eigenvalue weighted by molar-refractivity contribution is 7.89. The van der Waals surface area contributed by atoms with Crippen LogP contribution in [0.15, 0.2) is 47.4 Å². The number of hydrogen-bond donors (Lipinski definition) is 1. The molecule has 0 atom stereocenters. The van der Waals surface area contributed by atoms with E-state index in [1.54, 1.807) is 0 Å². The summed E-state index contributed by atoms with van der Waals surface area (Å²) in [6, 6.07) is 7.86. The van der Waals surface area contributed by atoms with Gasteiger partial charge < -0.3 is 9.84 Å². The van der Waals surface area contributed by atoms with Crippen LogP contribution in [0.4, 0.5) is 5.69 Å². The van der Waals surface area contributed by atoms with Crippen molar-refractivity contribution in [1.82, 2.24) is 4.31 Å². The molecule has 0 saturated heterocycles. The van der Waals surface area contributed by atoms with Gasteiger partial charge in [-0.15, -0.1) is 0 Å². The maximum absolute atomic E-state index is 12.3. The second kappa shape index (κ2) is 8.19. The highest BCUT2D eigenvalue weighted by Crippen LogP contribution is 2.37. The van der Waals surface area contributed by atoms with Gasteiger partial charge in [-0.1, -0.05) is 6.08 Å². The molecule has 0 spiro atoms. The van der Waals surface area contributed by atoms with Crippen molar-refractivity contribution in [3.63, 3.8) is 0 Å². The van der Waals surface area contributed by atoms with Crippen LogP contribution in [0.1, 0.15) is 15.9 Å². The fourth-order valence-corrected chi connectivity index (χ4v) is 3.18. The lowest BCUT2D eigenvalue weighted by Crippen LogP contribution is -2.22. The van der Waals surface area contributed by atoms with Crippen molar-refractivity contribution in [3.8, 4) is 11.5 Å².